The van der Waals surface area contributed by atoms with Crippen LogP contribution in [0.25, 0.3) is 0 Å². The van der Waals surface area contributed by atoms with E-state index in [0.29, 0.717) is 5.75 Å². The van der Waals surface area contributed by atoms with Gasteiger partial charge in [0.2, 0.25) is 0 Å². The molecule has 0 radical (unpaired) electrons. The first-order valence-corrected chi connectivity index (χ1v) is 10.9. The third-order valence-electron chi connectivity index (χ3n) is 6.41. The average molecular weight is 365 g/mol. The molecule has 2 aliphatic carbocycles. The first-order valence-electron chi connectivity index (χ1n) is 10.9. The van der Waals surface area contributed by atoms with Crippen LogP contribution in [0.4, 0.5) is 0 Å². The molecule has 0 amide bonds. The molecule has 4 rings (SSSR count). The van der Waals surface area contributed by atoms with Crippen molar-refractivity contribution in [1.82, 2.24) is 0 Å². The highest BCUT2D eigenvalue weighted by Gasteiger charge is 2.19. The predicted molar refractivity (Wildman–Crippen MR) is 115 cm³/mol. The largest absolute Gasteiger partial charge is 0.508 e. The van der Waals surface area contributed by atoms with Crippen LogP contribution in [0.15, 0.2) is 42.5 Å². The van der Waals surface area contributed by atoms with Gasteiger partial charge in [-0.25, -0.2) is 0 Å². The summed E-state index contributed by atoms with van der Waals surface area (Å²) in [5.41, 5.74) is 5.76. The third-order valence-corrected chi connectivity index (χ3v) is 6.41. The van der Waals surface area contributed by atoms with E-state index < -0.39 is 0 Å². The zero-order valence-corrected chi connectivity index (χ0v) is 17.4. The van der Waals surface area contributed by atoms with Crippen LogP contribution in [0.2, 0.25) is 0 Å². The maximum Gasteiger partial charge on any atom is 0.115 e. The van der Waals surface area contributed by atoms with Crippen molar-refractivity contribution in [3.63, 3.8) is 0 Å². The standard InChI is InChI=1S/C13H18O.C13H18/c1-10-2-4-11(5-3-10)12-6-8-13(14)9-7-12;1-10-6-11(2)8-13(7-10)9-12-4-3-5-12/h6-11,14H,2-5H2,1H3;6-8,12H,3-5,9H2,1-2H3. The van der Waals surface area contributed by atoms with Crippen molar-refractivity contribution >= 4 is 0 Å². The van der Waals surface area contributed by atoms with Gasteiger partial charge in [0.1, 0.15) is 5.75 Å². The molecule has 2 saturated carbocycles. The fourth-order valence-corrected chi connectivity index (χ4v) is 4.56. The van der Waals surface area contributed by atoms with Crippen LogP contribution in [0.1, 0.15) is 80.0 Å². The van der Waals surface area contributed by atoms with E-state index in [-0.39, 0.29) is 0 Å². The summed E-state index contributed by atoms with van der Waals surface area (Å²) in [6, 6.07) is 14.7. The normalized spacial score (nSPS) is 22.5. The number of aromatic hydroxyl groups is 1. The Morgan fingerprint density at radius 3 is 1.93 bits per heavy atom. The molecule has 1 heteroatoms. The van der Waals surface area contributed by atoms with Gasteiger partial charge in [-0.3, -0.25) is 0 Å². The average Bonchev–Trinajstić information content (AvgIpc) is 2.60. The minimum absolute atomic E-state index is 0.373. The van der Waals surface area contributed by atoms with Gasteiger partial charge in [0.25, 0.3) is 0 Å². The number of phenolic OH excluding ortho intramolecular Hbond substituents is 1. The summed E-state index contributed by atoms with van der Waals surface area (Å²) in [7, 11) is 0. The summed E-state index contributed by atoms with van der Waals surface area (Å²) < 4.78 is 0. The number of hydrogen-bond donors (Lipinski definition) is 1. The van der Waals surface area contributed by atoms with Crippen LogP contribution in [-0.4, -0.2) is 5.11 Å². The SMILES string of the molecule is CC1CCC(c2ccc(O)cc2)CC1.Cc1cc(C)cc(CC2CCC2)c1. The summed E-state index contributed by atoms with van der Waals surface area (Å²) in [6.07, 6.45) is 11.0. The Bertz CT molecular complexity index is 683. The lowest BCUT2D eigenvalue weighted by atomic mass is 9.79. The van der Waals surface area contributed by atoms with Gasteiger partial charge >= 0.3 is 0 Å². The van der Waals surface area contributed by atoms with Gasteiger partial charge < -0.3 is 5.11 Å². The summed E-state index contributed by atoms with van der Waals surface area (Å²) in [5.74, 6) is 2.99. The molecule has 0 aromatic heterocycles. The van der Waals surface area contributed by atoms with Gasteiger partial charge in [0.05, 0.1) is 0 Å². The van der Waals surface area contributed by atoms with Crippen molar-refractivity contribution in [1.29, 1.82) is 0 Å². The lowest BCUT2D eigenvalue weighted by Gasteiger charge is -2.26. The summed E-state index contributed by atoms with van der Waals surface area (Å²) in [4.78, 5) is 0. The van der Waals surface area contributed by atoms with Gasteiger partial charge in [-0.2, -0.15) is 0 Å². The highest BCUT2D eigenvalue weighted by atomic mass is 16.3. The summed E-state index contributed by atoms with van der Waals surface area (Å²) in [6.45, 7) is 6.72. The smallest absolute Gasteiger partial charge is 0.115 e. The van der Waals surface area contributed by atoms with Crippen molar-refractivity contribution in [3.05, 3.63) is 64.7 Å². The molecule has 0 atom stereocenters. The Hall–Kier alpha value is -1.76. The van der Waals surface area contributed by atoms with E-state index in [0.717, 1.165) is 17.8 Å². The summed E-state index contributed by atoms with van der Waals surface area (Å²) in [5, 5.41) is 9.20. The molecule has 2 aromatic rings. The second-order valence-corrected chi connectivity index (χ2v) is 9.05. The van der Waals surface area contributed by atoms with Crippen LogP contribution in [0.3, 0.4) is 0 Å². The van der Waals surface area contributed by atoms with Gasteiger partial charge in [0, 0.05) is 0 Å². The maximum atomic E-state index is 9.20. The van der Waals surface area contributed by atoms with Gasteiger partial charge in [-0.15, -0.1) is 0 Å². The molecular weight excluding hydrogens is 328 g/mol. The highest BCUT2D eigenvalue weighted by Crippen LogP contribution is 2.35. The Morgan fingerprint density at radius 1 is 0.815 bits per heavy atom. The van der Waals surface area contributed by atoms with Crippen LogP contribution in [0, 0.1) is 25.7 Å². The van der Waals surface area contributed by atoms with Crippen LogP contribution in [0.5, 0.6) is 5.75 Å². The summed E-state index contributed by atoms with van der Waals surface area (Å²) >= 11 is 0. The molecule has 1 N–H and O–H groups in total. The van der Waals surface area contributed by atoms with E-state index in [4.69, 9.17) is 0 Å². The number of phenols is 1. The molecule has 146 valence electrons. The first-order chi connectivity index (χ1) is 13.0. The predicted octanol–water partition coefficient (Wildman–Crippen LogP) is 7.33. The van der Waals surface area contributed by atoms with Crippen LogP contribution >= 0.6 is 0 Å². The highest BCUT2D eigenvalue weighted by molar-refractivity contribution is 5.29. The van der Waals surface area contributed by atoms with E-state index in [1.54, 1.807) is 17.7 Å². The van der Waals surface area contributed by atoms with Crippen LogP contribution < -0.4 is 0 Å². The third kappa shape index (κ3) is 6.13. The lowest BCUT2D eigenvalue weighted by Crippen LogP contribution is -2.13. The van der Waals surface area contributed by atoms with E-state index in [1.165, 1.54) is 68.1 Å². The fraction of sp³-hybridized carbons (Fsp3) is 0.538. The van der Waals surface area contributed by atoms with Crippen molar-refractivity contribution in [2.45, 2.75) is 78.1 Å². The van der Waals surface area contributed by atoms with E-state index in [2.05, 4.69) is 51.1 Å². The second kappa shape index (κ2) is 9.44. The molecule has 0 aliphatic heterocycles. The number of rotatable bonds is 3. The molecular formula is C26H36O. The number of benzene rings is 2. The molecule has 0 bridgehead atoms. The minimum atomic E-state index is 0.373. The van der Waals surface area contributed by atoms with Gasteiger partial charge in [0.15, 0.2) is 0 Å². The van der Waals surface area contributed by atoms with Crippen molar-refractivity contribution in [3.8, 4) is 5.75 Å². The Labute approximate surface area is 165 Å². The zero-order chi connectivity index (χ0) is 19.2. The van der Waals surface area contributed by atoms with Gasteiger partial charge in [-0.1, -0.05) is 80.5 Å². The number of aryl methyl sites for hydroxylation is 2. The molecule has 0 spiro atoms. The van der Waals surface area contributed by atoms with Crippen molar-refractivity contribution < 1.29 is 5.11 Å². The molecule has 2 aliphatic rings. The number of hydrogen-bond acceptors (Lipinski definition) is 1. The van der Waals surface area contributed by atoms with E-state index in [9.17, 15) is 5.11 Å². The molecule has 1 nitrogen and oxygen atoms in total. The quantitative estimate of drug-likeness (QED) is 0.604. The molecule has 0 saturated heterocycles. The second-order valence-electron chi connectivity index (χ2n) is 9.05. The molecule has 0 unspecified atom stereocenters. The van der Waals surface area contributed by atoms with Gasteiger partial charge in [-0.05, 0) is 74.1 Å². The molecule has 2 aromatic carbocycles. The Balaban J connectivity index is 0.000000156. The molecule has 0 heterocycles. The molecule has 27 heavy (non-hydrogen) atoms. The van der Waals surface area contributed by atoms with Crippen LogP contribution in [-0.2, 0) is 6.42 Å². The molecule has 2 fully saturated rings. The zero-order valence-electron chi connectivity index (χ0n) is 17.4. The first kappa shape index (κ1) is 20.0. The Morgan fingerprint density at radius 2 is 1.41 bits per heavy atom. The monoisotopic (exact) mass is 364 g/mol. The Kier molecular flexibility index (Phi) is 6.99. The van der Waals surface area contributed by atoms with E-state index >= 15 is 0 Å². The topological polar surface area (TPSA) is 20.2 Å². The lowest BCUT2D eigenvalue weighted by molar-refractivity contribution is 0.314. The fourth-order valence-electron chi connectivity index (χ4n) is 4.56. The van der Waals surface area contributed by atoms with Crippen molar-refractivity contribution in [2.75, 3.05) is 0 Å². The van der Waals surface area contributed by atoms with Crippen molar-refractivity contribution in [2.24, 2.45) is 11.8 Å². The van der Waals surface area contributed by atoms with E-state index in [1.807, 2.05) is 0 Å². The minimum Gasteiger partial charge on any atom is -0.508 e. The maximum absolute atomic E-state index is 9.20.